The molecule has 3 aromatic rings. The first kappa shape index (κ1) is 18.5. The van der Waals surface area contributed by atoms with Crippen LogP contribution in [0.5, 0.6) is 11.5 Å². The van der Waals surface area contributed by atoms with Crippen molar-refractivity contribution in [3.05, 3.63) is 65.7 Å². The molecule has 0 aliphatic carbocycles. The second-order valence-corrected chi connectivity index (χ2v) is 7.28. The molecule has 0 unspecified atom stereocenters. The van der Waals surface area contributed by atoms with E-state index in [4.69, 9.17) is 4.74 Å². The fourth-order valence-corrected chi connectivity index (χ4v) is 3.98. The number of ether oxygens (including phenoxy) is 1. The smallest absolute Gasteiger partial charge is 0.123 e. The van der Waals surface area contributed by atoms with Gasteiger partial charge in [-0.25, -0.2) is 4.39 Å². The van der Waals surface area contributed by atoms with Gasteiger partial charge in [-0.3, -0.25) is 10.00 Å². The molecule has 2 N–H and O–H groups in total. The van der Waals surface area contributed by atoms with E-state index in [1.807, 2.05) is 12.1 Å². The average molecular weight is 381 g/mol. The number of hydrogen-bond acceptors (Lipinski definition) is 4. The molecule has 0 amide bonds. The molecule has 5 nitrogen and oxygen atoms in total. The Morgan fingerprint density at radius 2 is 2.18 bits per heavy atom. The van der Waals surface area contributed by atoms with Crippen molar-refractivity contribution in [1.82, 2.24) is 15.1 Å². The molecule has 0 saturated carbocycles. The van der Waals surface area contributed by atoms with Crippen LogP contribution in [0.15, 0.2) is 48.7 Å². The summed E-state index contributed by atoms with van der Waals surface area (Å²) in [5, 5.41) is 17.6. The van der Waals surface area contributed by atoms with Crippen molar-refractivity contribution in [3.63, 3.8) is 0 Å². The molecule has 0 bridgehead atoms. The Hall–Kier alpha value is -2.86. The lowest BCUT2D eigenvalue weighted by Gasteiger charge is -2.33. The zero-order valence-electron chi connectivity index (χ0n) is 15.9. The maximum atomic E-state index is 13.7. The predicted octanol–water partition coefficient (Wildman–Crippen LogP) is 4.31. The second-order valence-electron chi connectivity index (χ2n) is 7.28. The van der Waals surface area contributed by atoms with Crippen molar-refractivity contribution < 1.29 is 14.2 Å². The highest BCUT2D eigenvalue weighted by molar-refractivity contribution is 5.65. The van der Waals surface area contributed by atoms with Gasteiger partial charge in [0.05, 0.1) is 13.3 Å². The van der Waals surface area contributed by atoms with Crippen LogP contribution in [0.1, 0.15) is 30.0 Å². The second kappa shape index (κ2) is 8.02. The monoisotopic (exact) mass is 381 g/mol. The number of methoxy groups -OCH3 is 1. The summed E-state index contributed by atoms with van der Waals surface area (Å²) in [6.07, 6.45) is 3.87. The number of H-pyrrole nitrogens is 1. The van der Waals surface area contributed by atoms with Gasteiger partial charge in [0.1, 0.15) is 17.3 Å². The molecular weight excluding hydrogens is 357 g/mol. The van der Waals surface area contributed by atoms with E-state index in [-0.39, 0.29) is 17.5 Å². The fraction of sp³-hybridized carbons (Fsp3) is 0.318. The van der Waals surface area contributed by atoms with Gasteiger partial charge in [0.25, 0.3) is 0 Å². The highest BCUT2D eigenvalue weighted by atomic mass is 19.1. The molecule has 146 valence electrons. The summed E-state index contributed by atoms with van der Waals surface area (Å²) < 4.78 is 18.9. The van der Waals surface area contributed by atoms with E-state index in [2.05, 4.69) is 15.1 Å². The highest BCUT2D eigenvalue weighted by Crippen LogP contribution is 2.34. The summed E-state index contributed by atoms with van der Waals surface area (Å²) in [6.45, 7) is 2.47. The maximum Gasteiger partial charge on any atom is 0.123 e. The highest BCUT2D eigenvalue weighted by Gasteiger charge is 2.26. The quantitative estimate of drug-likeness (QED) is 0.691. The molecule has 1 saturated heterocycles. The third kappa shape index (κ3) is 3.87. The van der Waals surface area contributed by atoms with Crippen molar-refractivity contribution in [3.8, 4) is 22.6 Å². The first-order valence-electron chi connectivity index (χ1n) is 9.51. The average Bonchev–Trinajstić information content (AvgIpc) is 3.20. The van der Waals surface area contributed by atoms with Crippen molar-refractivity contribution in [1.29, 1.82) is 0 Å². The first-order chi connectivity index (χ1) is 13.6. The zero-order valence-corrected chi connectivity index (χ0v) is 15.9. The number of rotatable bonds is 5. The topological polar surface area (TPSA) is 61.4 Å². The summed E-state index contributed by atoms with van der Waals surface area (Å²) in [6, 6.07) is 11.9. The van der Waals surface area contributed by atoms with Crippen molar-refractivity contribution in [2.45, 2.75) is 25.3 Å². The summed E-state index contributed by atoms with van der Waals surface area (Å²) in [4.78, 5) is 2.33. The summed E-state index contributed by atoms with van der Waals surface area (Å²) >= 11 is 0. The zero-order chi connectivity index (χ0) is 19.5. The van der Waals surface area contributed by atoms with Crippen molar-refractivity contribution in [2.75, 3.05) is 20.2 Å². The molecule has 1 fully saturated rings. The van der Waals surface area contributed by atoms with Crippen molar-refractivity contribution in [2.24, 2.45) is 0 Å². The van der Waals surface area contributed by atoms with Crippen LogP contribution in [0.4, 0.5) is 4.39 Å². The predicted molar refractivity (Wildman–Crippen MR) is 106 cm³/mol. The Morgan fingerprint density at radius 3 is 3.00 bits per heavy atom. The van der Waals surface area contributed by atoms with Crippen LogP contribution in [0, 0.1) is 5.82 Å². The minimum Gasteiger partial charge on any atom is -0.508 e. The lowest BCUT2D eigenvalue weighted by atomic mass is 9.90. The molecule has 4 rings (SSSR count). The minimum atomic E-state index is -0.247. The number of piperidine rings is 1. The van der Waals surface area contributed by atoms with E-state index in [0.29, 0.717) is 6.54 Å². The Kier molecular flexibility index (Phi) is 5.30. The number of phenolic OH excluding ortho intramolecular Hbond substituents is 1. The number of halogens is 1. The summed E-state index contributed by atoms with van der Waals surface area (Å²) in [7, 11) is 1.62. The number of phenols is 1. The van der Waals surface area contributed by atoms with E-state index in [9.17, 15) is 9.50 Å². The minimum absolute atomic E-state index is 0.247. The van der Waals surface area contributed by atoms with Gasteiger partial charge < -0.3 is 9.84 Å². The van der Waals surface area contributed by atoms with Gasteiger partial charge in [-0.2, -0.15) is 5.10 Å². The lowest BCUT2D eigenvalue weighted by molar-refractivity contribution is 0.196. The van der Waals surface area contributed by atoms with Crippen LogP contribution in [0.2, 0.25) is 0 Å². The van der Waals surface area contributed by atoms with Crippen LogP contribution >= 0.6 is 0 Å². The fourth-order valence-electron chi connectivity index (χ4n) is 3.98. The van der Waals surface area contributed by atoms with Gasteiger partial charge in [-0.05, 0) is 55.3 Å². The maximum absolute atomic E-state index is 13.7. The molecule has 1 atom stereocenters. The first-order valence-corrected chi connectivity index (χ1v) is 9.51. The summed E-state index contributed by atoms with van der Waals surface area (Å²) in [5.41, 5.74) is 3.70. The van der Waals surface area contributed by atoms with Gasteiger partial charge in [0.15, 0.2) is 0 Å². The Balaban J connectivity index is 1.53. The van der Waals surface area contributed by atoms with E-state index < -0.39 is 0 Å². The number of nitrogens with one attached hydrogen (secondary N) is 1. The standard InChI is InChI=1S/C22H24FN3O2/c1-28-19-7-8-21(27)17(11-19)14-26-9-3-5-16(13-26)22-20(12-24-25-22)15-4-2-6-18(23)10-15/h2,4,6-8,10-12,16,27H,3,5,9,13-14H2,1H3,(H,24,25)/t16-/m1/s1. The molecular formula is C22H24FN3O2. The number of aromatic nitrogens is 2. The van der Waals surface area contributed by atoms with Crippen LogP contribution in [-0.4, -0.2) is 40.4 Å². The van der Waals surface area contributed by atoms with Crippen LogP contribution in [0.25, 0.3) is 11.1 Å². The van der Waals surface area contributed by atoms with E-state index >= 15 is 0 Å². The van der Waals surface area contributed by atoms with E-state index in [0.717, 1.165) is 54.1 Å². The van der Waals surface area contributed by atoms with Gasteiger partial charge in [0, 0.05) is 35.8 Å². The Morgan fingerprint density at radius 1 is 1.29 bits per heavy atom. The molecule has 2 heterocycles. The van der Waals surface area contributed by atoms with E-state index in [1.165, 1.54) is 6.07 Å². The largest absolute Gasteiger partial charge is 0.508 e. The van der Waals surface area contributed by atoms with Crippen LogP contribution < -0.4 is 4.74 Å². The van der Waals surface area contributed by atoms with Gasteiger partial charge in [-0.15, -0.1) is 0 Å². The number of aromatic hydroxyl groups is 1. The Labute approximate surface area is 163 Å². The molecule has 0 spiro atoms. The third-order valence-electron chi connectivity index (χ3n) is 5.40. The third-order valence-corrected chi connectivity index (χ3v) is 5.40. The van der Waals surface area contributed by atoms with Gasteiger partial charge >= 0.3 is 0 Å². The number of nitrogens with zero attached hydrogens (tertiary/aromatic N) is 2. The molecule has 0 radical (unpaired) electrons. The van der Waals surface area contributed by atoms with Crippen molar-refractivity contribution >= 4 is 0 Å². The van der Waals surface area contributed by atoms with E-state index in [1.54, 1.807) is 37.6 Å². The molecule has 1 aromatic heterocycles. The number of aromatic amines is 1. The SMILES string of the molecule is COc1ccc(O)c(CN2CCC[C@@H](c3[nH]ncc3-c3cccc(F)c3)C2)c1. The molecule has 6 heteroatoms. The van der Waals surface area contributed by atoms with Crippen LogP contribution in [0.3, 0.4) is 0 Å². The molecule has 2 aromatic carbocycles. The van der Waals surface area contributed by atoms with Gasteiger partial charge in [-0.1, -0.05) is 12.1 Å². The normalized spacial score (nSPS) is 17.6. The lowest BCUT2D eigenvalue weighted by Crippen LogP contribution is -2.34. The molecule has 1 aliphatic rings. The molecule has 28 heavy (non-hydrogen) atoms. The number of likely N-dealkylation sites (tertiary alicyclic amines) is 1. The Bertz CT molecular complexity index is 956. The van der Waals surface area contributed by atoms with Gasteiger partial charge in [0.2, 0.25) is 0 Å². The summed E-state index contributed by atoms with van der Waals surface area (Å²) in [5.74, 6) is 1.05. The van der Waals surface area contributed by atoms with Crippen LogP contribution in [-0.2, 0) is 6.54 Å². The number of hydrogen-bond donors (Lipinski definition) is 2. The number of benzene rings is 2. The molecule has 1 aliphatic heterocycles.